The highest BCUT2D eigenvalue weighted by Crippen LogP contribution is 2.18. The Morgan fingerprint density at radius 1 is 1.04 bits per heavy atom. The van der Waals surface area contributed by atoms with E-state index in [1.165, 1.54) is 16.4 Å². The minimum atomic E-state index is -3.53. The van der Waals surface area contributed by atoms with Gasteiger partial charge < -0.3 is 4.90 Å². The van der Waals surface area contributed by atoms with E-state index in [-0.39, 0.29) is 36.1 Å². The summed E-state index contributed by atoms with van der Waals surface area (Å²) >= 11 is 0. The van der Waals surface area contributed by atoms with Crippen molar-refractivity contribution in [3.63, 3.8) is 0 Å². The van der Waals surface area contributed by atoms with E-state index in [4.69, 9.17) is 0 Å². The average Bonchev–Trinajstić information content (AvgIpc) is 2.66. The lowest BCUT2D eigenvalue weighted by atomic mass is 10.1. The van der Waals surface area contributed by atoms with Crippen molar-refractivity contribution in [2.24, 2.45) is 0 Å². The zero-order valence-electron chi connectivity index (χ0n) is 15.3. The maximum Gasteiger partial charge on any atom is 0.243 e. The summed E-state index contributed by atoms with van der Waals surface area (Å²) in [5.74, 6) is -0.346. The van der Waals surface area contributed by atoms with Gasteiger partial charge in [0.25, 0.3) is 0 Å². The number of rotatable bonds is 5. The van der Waals surface area contributed by atoms with Crippen LogP contribution < -0.4 is 0 Å². The first-order valence-corrected chi connectivity index (χ1v) is 10.4. The third kappa shape index (κ3) is 4.73. The highest BCUT2D eigenvalue weighted by atomic mass is 32.2. The van der Waals surface area contributed by atoms with Crippen molar-refractivity contribution in [1.82, 2.24) is 9.21 Å². The summed E-state index contributed by atoms with van der Waals surface area (Å²) in [5.41, 5.74) is 1.78. The Balaban J connectivity index is 1.55. The van der Waals surface area contributed by atoms with Crippen LogP contribution in [0.2, 0.25) is 0 Å². The van der Waals surface area contributed by atoms with Gasteiger partial charge in [0.2, 0.25) is 15.9 Å². The first kappa shape index (κ1) is 19.5. The Labute approximate surface area is 159 Å². The number of hydrogen-bond donors (Lipinski definition) is 0. The van der Waals surface area contributed by atoms with Crippen LogP contribution in [0.4, 0.5) is 4.39 Å². The first-order chi connectivity index (χ1) is 12.9. The highest BCUT2D eigenvalue weighted by molar-refractivity contribution is 7.89. The summed E-state index contributed by atoms with van der Waals surface area (Å²) in [5, 5.41) is 0. The SMILES string of the molecule is Cc1ccc(S(=O)(=O)N2CCN(C(=O)CCc3cccc(F)c3)CC2)cc1. The molecule has 0 atom stereocenters. The number of carbonyl (C=O) groups is 1. The molecule has 0 spiro atoms. The van der Waals surface area contributed by atoms with Crippen LogP contribution in [-0.4, -0.2) is 49.7 Å². The molecule has 0 bridgehead atoms. The van der Waals surface area contributed by atoms with Gasteiger partial charge >= 0.3 is 0 Å². The number of aryl methyl sites for hydroxylation is 2. The zero-order chi connectivity index (χ0) is 19.4. The molecule has 3 rings (SSSR count). The Morgan fingerprint density at radius 3 is 2.33 bits per heavy atom. The molecule has 0 N–H and O–H groups in total. The van der Waals surface area contributed by atoms with Gasteiger partial charge in [-0.05, 0) is 43.2 Å². The zero-order valence-corrected chi connectivity index (χ0v) is 16.1. The van der Waals surface area contributed by atoms with Crippen LogP contribution in [-0.2, 0) is 21.2 Å². The molecule has 5 nitrogen and oxygen atoms in total. The van der Waals surface area contributed by atoms with Crippen LogP contribution in [0.15, 0.2) is 53.4 Å². The summed E-state index contributed by atoms with van der Waals surface area (Å²) < 4.78 is 40.0. The molecule has 0 radical (unpaired) electrons. The Morgan fingerprint density at radius 2 is 1.70 bits per heavy atom. The number of sulfonamides is 1. The monoisotopic (exact) mass is 390 g/mol. The Bertz CT molecular complexity index is 905. The third-order valence-electron chi connectivity index (χ3n) is 4.77. The predicted octanol–water partition coefficient (Wildman–Crippen LogP) is 2.60. The van der Waals surface area contributed by atoms with E-state index >= 15 is 0 Å². The first-order valence-electron chi connectivity index (χ1n) is 8.95. The molecule has 7 heteroatoms. The summed E-state index contributed by atoms with van der Waals surface area (Å²) in [4.78, 5) is 14.3. The maximum absolute atomic E-state index is 13.2. The number of nitrogens with zero attached hydrogens (tertiary/aromatic N) is 2. The lowest BCUT2D eigenvalue weighted by molar-refractivity contribution is -0.132. The lowest BCUT2D eigenvalue weighted by Crippen LogP contribution is -2.50. The van der Waals surface area contributed by atoms with E-state index in [1.54, 1.807) is 41.3 Å². The molecule has 0 unspecified atom stereocenters. The summed E-state index contributed by atoms with van der Waals surface area (Å²) in [6.45, 7) is 3.20. The van der Waals surface area contributed by atoms with E-state index < -0.39 is 10.0 Å². The van der Waals surface area contributed by atoms with Crippen molar-refractivity contribution in [2.75, 3.05) is 26.2 Å². The van der Waals surface area contributed by atoms with Crippen LogP contribution in [0.3, 0.4) is 0 Å². The molecule has 0 aromatic heterocycles. The molecule has 1 saturated heterocycles. The molecule has 1 amide bonds. The topological polar surface area (TPSA) is 57.7 Å². The normalized spacial score (nSPS) is 15.7. The lowest BCUT2D eigenvalue weighted by Gasteiger charge is -2.34. The van der Waals surface area contributed by atoms with Crippen molar-refractivity contribution in [3.8, 4) is 0 Å². The van der Waals surface area contributed by atoms with Gasteiger partial charge in [-0.15, -0.1) is 0 Å². The van der Waals surface area contributed by atoms with E-state index in [0.717, 1.165) is 11.1 Å². The highest BCUT2D eigenvalue weighted by Gasteiger charge is 2.29. The van der Waals surface area contributed by atoms with Crippen molar-refractivity contribution >= 4 is 15.9 Å². The molecule has 1 aliphatic heterocycles. The van der Waals surface area contributed by atoms with E-state index in [0.29, 0.717) is 19.5 Å². The predicted molar refractivity (Wildman–Crippen MR) is 101 cm³/mol. The minimum absolute atomic E-state index is 0.0355. The quantitative estimate of drug-likeness (QED) is 0.789. The number of piperazine rings is 1. The molecule has 0 saturated carbocycles. The standard InChI is InChI=1S/C20H23FN2O3S/c1-16-5-8-19(9-6-16)27(25,26)23-13-11-22(12-14-23)20(24)10-7-17-3-2-4-18(21)15-17/h2-6,8-9,15H,7,10-14H2,1H3. The van der Waals surface area contributed by atoms with Crippen molar-refractivity contribution in [3.05, 3.63) is 65.5 Å². The van der Waals surface area contributed by atoms with Gasteiger partial charge in [-0.25, -0.2) is 12.8 Å². The van der Waals surface area contributed by atoms with E-state index in [1.807, 2.05) is 6.92 Å². The van der Waals surface area contributed by atoms with Crippen LogP contribution in [0.25, 0.3) is 0 Å². The van der Waals surface area contributed by atoms with Crippen LogP contribution >= 0.6 is 0 Å². The molecule has 2 aromatic rings. The van der Waals surface area contributed by atoms with Gasteiger partial charge in [0, 0.05) is 32.6 Å². The number of benzene rings is 2. The fraction of sp³-hybridized carbons (Fsp3) is 0.350. The van der Waals surface area contributed by atoms with Crippen LogP contribution in [0, 0.1) is 12.7 Å². The average molecular weight is 390 g/mol. The molecule has 27 heavy (non-hydrogen) atoms. The summed E-state index contributed by atoms with van der Waals surface area (Å²) in [7, 11) is -3.53. The van der Waals surface area contributed by atoms with Crippen LogP contribution in [0.1, 0.15) is 17.5 Å². The minimum Gasteiger partial charge on any atom is -0.340 e. The van der Waals surface area contributed by atoms with Gasteiger partial charge in [-0.2, -0.15) is 4.31 Å². The number of amides is 1. The Kier molecular flexibility index (Phi) is 5.92. The number of hydrogen-bond acceptors (Lipinski definition) is 3. The molecule has 2 aromatic carbocycles. The molecule has 1 fully saturated rings. The van der Waals surface area contributed by atoms with Gasteiger partial charge in [-0.1, -0.05) is 29.8 Å². The second-order valence-electron chi connectivity index (χ2n) is 6.73. The van der Waals surface area contributed by atoms with E-state index in [2.05, 4.69) is 0 Å². The fourth-order valence-electron chi connectivity index (χ4n) is 3.14. The fourth-order valence-corrected chi connectivity index (χ4v) is 4.56. The van der Waals surface area contributed by atoms with Gasteiger partial charge in [-0.3, -0.25) is 4.79 Å². The molecular weight excluding hydrogens is 367 g/mol. The van der Waals surface area contributed by atoms with Gasteiger partial charge in [0.15, 0.2) is 0 Å². The van der Waals surface area contributed by atoms with Gasteiger partial charge in [0.1, 0.15) is 5.82 Å². The number of halogens is 1. The maximum atomic E-state index is 13.2. The molecule has 1 aliphatic rings. The molecular formula is C20H23FN2O3S. The third-order valence-corrected chi connectivity index (χ3v) is 6.68. The summed E-state index contributed by atoms with van der Waals surface area (Å²) in [6.07, 6.45) is 0.757. The van der Waals surface area contributed by atoms with Crippen molar-refractivity contribution in [1.29, 1.82) is 0 Å². The van der Waals surface area contributed by atoms with Gasteiger partial charge in [0.05, 0.1) is 4.90 Å². The molecule has 0 aliphatic carbocycles. The van der Waals surface area contributed by atoms with E-state index in [9.17, 15) is 17.6 Å². The van der Waals surface area contributed by atoms with Crippen molar-refractivity contribution < 1.29 is 17.6 Å². The Hall–Kier alpha value is -2.25. The number of carbonyl (C=O) groups excluding carboxylic acids is 1. The molecule has 144 valence electrons. The largest absolute Gasteiger partial charge is 0.340 e. The molecule has 1 heterocycles. The second-order valence-corrected chi connectivity index (χ2v) is 8.67. The smallest absolute Gasteiger partial charge is 0.243 e. The van der Waals surface area contributed by atoms with Crippen LogP contribution in [0.5, 0.6) is 0 Å². The second kappa shape index (κ2) is 8.19. The summed E-state index contributed by atoms with van der Waals surface area (Å²) in [6, 6.07) is 13.0. The van der Waals surface area contributed by atoms with Crippen molar-refractivity contribution in [2.45, 2.75) is 24.7 Å².